The van der Waals surface area contributed by atoms with E-state index in [4.69, 9.17) is 42.3 Å². The fourth-order valence-corrected chi connectivity index (χ4v) is 7.27. The van der Waals surface area contributed by atoms with E-state index in [0.717, 1.165) is 16.5 Å². The Kier molecular flexibility index (Phi) is 16.8. The van der Waals surface area contributed by atoms with Crippen molar-refractivity contribution in [3.63, 3.8) is 0 Å². The van der Waals surface area contributed by atoms with E-state index < -0.39 is 88.3 Å². The quantitative estimate of drug-likeness (QED) is 0.0909. The first-order chi connectivity index (χ1) is 23.6. The van der Waals surface area contributed by atoms with Crippen molar-refractivity contribution in [2.75, 3.05) is 27.3 Å². The second kappa shape index (κ2) is 19.3. The van der Waals surface area contributed by atoms with Gasteiger partial charge in [-0.25, -0.2) is 9.46 Å². The van der Waals surface area contributed by atoms with Crippen LogP contribution in [0.3, 0.4) is 0 Å². The van der Waals surface area contributed by atoms with Gasteiger partial charge in [-0.1, -0.05) is 0 Å². The summed E-state index contributed by atoms with van der Waals surface area (Å²) in [5.41, 5.74) is -3.17. The van der Waals surface area contributed by atoms with Crippen LogP contribution in [0.2, 0.25) is 0 Å². The van der Waals surface area contributed by atoms with Gasteiger partial charge in [0, 0.05) is 37.3 Å². The van der Waals surface area contributed by atoms with E-state index in [1.807, 2.05) is 38.4 Å². The van der Waals surface area contributed by atoms with Crippen molar-refractivity contribution in [1.29, 1.82) is 5.26 Å². The van der Waals surface area contributed by atoms with Crippen LogP contribution in [0.5, 0.6) is 0 Å². The number of nitriles is 1. The van der Waals surface area contributed by atoms with Crippen molar-refractivity contribution in [3.05, 3.63) is 45.0 Å². The van der Waals surface area contributed by atoms with E-state index in [2.05, 4.69) is 4.98 Å². The number of esters is 2. The first-order valence-corrected chi connectivity index (χ1v) is 19.1. The van der Waals surface area contributed by atoms with Crippen molar-refractivity contribution >= 4 is 28.1 Å². The summed E-state index contributed by atoms with van der Waals surface area (Å²) in [5, 5.41) is 9.17. The van der Waals surface area contributed by atoms with Crippen LogP contribution in [-0.4, -0.2) is 83.9 Å². The first-order valence-electron chi connectivity index (χ1n) is 16.3. The minimum Gasteiger partial charge on any atom is -0.438 e. The fraction of sp³-hybridized carbons (Fsp3) is 0.719. The maximum atomic E-state index is 14.0. The Balaban J connectivity index is 2.59. The Hall–Kier alpha value is -2.77. The molecule has 2 heterocycles. The zero-order valence-corrected chi connectivity index (χ0v) is 32.9. The van der Waals surface area contributed by atoms with Crippen LogP contribution in [0.25, 0.3) is 0 Å². The number of hydrogen-bond donors (Lipinski definition) is 1. The molecule has 5 atom stereocenters. The lowest BCUT2D eigenvalue weighted by Gasteiger charge is -2.38. The minimum absolute atomic E-state index is 0.0597. The molecule has 0 amide bonds. The molecule has 0 bridgehead atoms. The van der Waals surface area contributed by atoms with E-state index >= 15 is 0 Å². The van der Waals surface area contributed by atoms with Gasteiger partial charge < -0.3 is 28.0 Å². The molecule has 1 aliphatic rings. The van der Waals surface area contributed by atoms with Crippen LogP contribution < -0.4 is 11.2 Å². The number of carbonyl (C=O) groups is 2. The van der Waals surface area contributed by atoms with Gasteiger partial charge in [-0.05, 0) is 75.3 Å². The highest BCUT2D eigenvalue weighted by Gasteiger charge is 2.49. The molecule has 0 spiro atoms. The first kappa shape index (κ1) is 44.4. The summed E-state index contributed by atoms with van der Waals surface area (Å²) < 4.78 is 63.0. The molecule has 51 heavy (non-hydrogen) atoms. The van der Waals surface area contributed by atoms with E-state index in [1.54, 1.807) is 41.5 Å². The van der Waals surface area contributed by atoms with Crippen LogP contribution in [0.1, 0.15) is 81.9 Å². The highest BCUT2D eigenvalue weighted by molar-refractivity contribution is 7.57. The van der Waals surface area contributed by atoms with E-state index in [9.17, 15) is 23.7 Å². The number of H-pyrrole nitrogens is 1. The monoisotopic (exact) mass is 762 g/mol. The van der Waals surface area contributed by atoms with Gasteiger partial charge in [-0.3, -0.25) is 37.5 Å². The topological polar surface area (TPSA) is 207 Å². The molecule has 17 nitrogen and oxygen atoms in total. The Morgan fingerprint density at radius 2 is 1.59 bits per heavy atom. The van der Waals surface area contributed by atoms with Gasteiger partial charge in [-0.15, -0.1) is 0 Å². The molecule has 1 N–H and O–H groups in total. The molecule has 1 aliphatic heterocycles. The van der Waals surface area contributed by atoms with Gasteiger partial charge in [0.1, 0.15) is 18.3 Å². The number of carbonyl (C=O) groups excluding carboxylic acids is 2. The second-order valence-electron chi connectivity index (χ2n) is 14.1. The van der Waals surface area contributed by atoms with Crippen LogP contribution in [0, 0.1) is 22.2 Å². The lowest BCUT2D eigenvalue weighted by atomic mass is 9.98. The number of hydrogen-bond acceptors (Lipinski definition) is 15. The minimum atomic E-state index is -4.36. The molecule has 1 saturated heterocycles. The van der Waals surface area contributed by atoms with Crippen LogP contribution >= 0.6 is 16.1 Å². The Morgan fingerprint density at radius 3 is 2.04 bits per heavy atom. The zero-order chi connectivity index (χ0) is 38.7. The van der Waals surface area contributed by atoms with E-state index in [1.165, 1.54) is 19.4 Å². The van der Waals surface area contributed by atoms with Crippen molar-refractivity contribution < 1.29 is 51.2 Å². The maximum absolute atomic E-state index is 14.0. The lowest BCUT2D eigenvalue weighted by Crippen LogP contribution is -2.41. The molecule has 0 saturated carbocycles. The summed E-state index contributed by atoms with van der Waals surface area (Å²) in [6, 6.07) is 3.05. The van der Waals surface area contributed by atoms with Gasteiger partial charge in [0.2, 0.25) is 13.6 Å². The van der Waals surface area contributed by atoms with Gasteiger partial charge in [0.05, 0.1) is 29.9 Å². The molecule has 2 rings (SSSR count). The molecule has 0 aliphatic carbocycles. The molecular formula is C32H52N4O13P2. The largest absolute Gasteiger partial charge is 0.438 e. The summed E-state index contributed by atoms with van der Waals surface area (Å²) in [5.74, 6) is -0.228. The van der Waals surface area contributed by atoms with Crippen LogP contribution in [0.15, 0.2) is 33.7 Å². The number of rotatable bonds is 18. The predicted octanol–water partition coefficient (Wildman–Crippen LogP) is 4.94. The van der Waals surface area contributed by atoms with Crippen molar-refractivity contribution in [2.24, 2.45) is 10.8 Å². The van der Waals surface area contributed by atoms with E-state index in [0.29, 0.717) is 0 Å². The van der Waals surface area contributed by atoms with Crippen LogP contribution in [-0.2, 0) is 51.2 Å². The number of ether oxygens (including phenoxy) is 4. The molecule has 288 valence electrons. The van der Waals surface area contributed by atoms with Gasteiger partial charge in [-0.2, -0.15) is 5.26 Å². The average Bonchev–Trinajstić information content (AvgIpc) is 3.35. The zero-order valence-electron chi connectivity index (χ0n) is 31.1. The molecule has 1 aromatic rings. The van der Waals surface area contributed by atoms with E-state index in [-0.39, 0.29) is 25.1 Å². The summed E-state index contributed by atoms with van der Waals surface area (Å²) in [7, 11) is -4.86. The average molecular weight is 763 g/mol. The number of nitrogens with zero attached hydrogens (tertiary/aromatic N) is 3. The molecule has 1 aromatic heterocycles. The summed E-state index contributed by atoms with van der Waals surface area (Å²) >= 11 is 0. The Bertz CT molecular complexity index is 1500. The maximum Gasteiger partial charge on any atom is 0.359 e. The molecule has 1 fully saturated rings. The lowest BCUT2D eigenvalue weighted by molar-refractivity contribution is -0.161. The number of aromatic nitrogens is 2. The summed E-state index contributed by atoms with van der Waals surface area (Å²) in [6.07, 6.45) is -1.70. The predicted molar refractivity (Wildman–Crippen MR) is 186 cm³/mol. The van der Waals surface area contributed by atoms with Gasteiger partial charge in [0.15, 0.2) is 6.23 Å². The summed E-state index contributed by atoms with van der Waals surface area (Å²) in [6.45, 7) is 16.1. The standard InChI is InChI=1S/C32H52N4O13P2/c1-21(2)36(22(3)4)50(45-17-12-15-33)49-25-23(48-27(26(25)42-11)35-16-13-24(37)34-30(35)40)14-18-51(41,46-19-43-28(38)31(5,6)7)47-20-44-29(39)32(8,9)10/h13-14,16,18,21-23,25-27H,12,17,19-20H2,1-11H3,(H,34,37,40)/b18-14+. The normalized spacial score (nSPS) is 20.6. The highest BCUT2D eigenvalue weighted by atomic mass is 31.2. The Labute approximate surface area is 300 Å². The second-order valence-corrected chi connectivity index (χ2v) is 17.4. The molecule has 5 unspecified atom stereocenters. The van der Waals surface area contributed by atoms with Crippen molar-refractivity contribution in [1.82, 2.24) is 14.2 Å². The van der Waals surface area contributed by atoms with Crippen molar-refractivity contribution in [2.45, 2.75) is 112 Å². The van der Waals surface area contributed by atoms with Crippen molar-refractivity contribution in [3.8, 4) is 6.07 Å². The highest BCUT2D eigenvalue weighted by Crippen LogP contribution is 2.53. The number of aromatic amines is 1. The fourth-order valence-electron chi connectivity index (χ4n) is 4.49. The third-order valence-electron chi connectivity index (χ3n) is 7.03. The summed E-state index contributed by atoms with van der Waals surface area (Å²) in [4.78, 5) is 51.6. The number of nitrogens with one attached hydrogen (secondary N) is 1. The SMILES string of the molecule is COC1C(OP(OCCC#N)N(C(C)C)C(C)C)C(/C=C/P(=O)(OCOC(=O)C(C)(C)C)OCOC(=O)C(C)(C)C)OC1n1ccc(=O)[nH]c1=O. The third-order valence-corrected chi connectivity index (χ3v) is 10.6. The van der Waals surface area contributed by atoms with Crippen LogP contribution in [0.4, 0.5) is 0 Å². The smallest absolute Gasteiger partial charge is 0.359 e. The molecule has 19 heteroatoms. The van der Waals surface area contributed by atoms with Gasteiger partial charge in [0.25, 0.3) is 14.1 Å². The molecule has 0 aromatic carbocycles. The molecule has 0 radical (unpaired) electrons. The Morgan fingerprint density at radius 1 is 1.04 bits per heavy atom. The number of methoxy groups -OCH3 is 1. The molecular weight excluding hydrogens is 710 g/mol. The third kappa shape index (κ3) is 13.3. The van der Waals surface area contributed by atoms with Gasteiger partial charge >= 0.3 is 25.2 Å².